The fraction of sp³-hybridized carbons (Fsp3) is 0.556. The van der Waals surface area contributed by atoms with Crippen molar-refractivity contribution in [3.63, 3.8) is 0 Å². The third-order valence-corrected chi connectivity index (χ3v) is 4.31. The van der Waals surface area contributed by atoms with E-state index in [1.54, 1.807) is 0 Å². The summed E-state index contributed by atoms with van der Waals surface area (Å²) in [7, 11) is 0. The van der Waals surface area contributed by atoms with Crippen molar-refractivity contribution in [2.45, 2.75) is 45.1 Å². The van der Waals surface area contributed by atoms with Gasteiger partial charge in [0.05, 0.1) is 6.54 Å². The van der Waals surface area contributed by atoms with Gasteiger partial charge in [-0.05, 0) is 35.9 Å². The fourth-order valence-corrected chi connectivity index (χ4v) is 3.01. The van der Waals surface area contributed by atoms with E-state index >= 15 is 0 Å². The van der Waals surface area contributed by atoms with Gasteiger partial charge in [0.15, 0.2) is 0 Å². The predicted octanol–water partition coefficient (Wildman–Crippen LogP) is 2.32. The van der Waals surface area contributed by atoms with E-state index in [0.717, 1.165) is 19.4 Å². The van der Waals surface area contributed by atoms with Crippen LogP contribution in [0.25, 0.3) is 0 Å². The number of nitrogens with one attached hydrogen (secondary N) is 1. The van der Waals surface area contributed by atoms with Crippen molar-refractivity contribution in [2.75, 3.05) is 19.6 Å². The molecule has 1 amide bonds. The minimum absolute atomic E-state index is 0.130. The maximum atomic E-state index is 11.8. The number of carboxylic acids is 1. The van der Waals surface area contributed by atoms with E-state index in [4.69, 9.17) is 5.11 Å². The van der Waals surface area contributed by atoms with Crippen LogP contribution in [0.15, 0.2) is 24.3 Å². The van der Waals surface area contributed by atoms with Gasteiger partial charge in [-0.15, -0.1) is 0 Å². The van der Waals surface area contributed by atoms with E-state index in [9.17, 15) is 9.59 Å². The van der Waals surface area contributed by atoms with Gasteiger partial charge in [0.2, 0.25) is 5.91 Å². The molecule has 0 radical (unpaired) electrons. The van der Waals surface area contributed by atoms with Gasteiger partial charge in [-0.1, -0.05) is 45.0 Å². The molecule has 1 unspecified atom stereocenters. The van der Waals surface area contributed by atoms with Crippen LogP contribution < -0.4 is 5.32 Å². The molecule has 0 saturated carbocycles. The molecule has 1 aliphatic heterocycles. The third-order valence-electron chi connectivity index (χ3n) is 4.31. The first kappa shape index (κ1) is 17.5. The lowest BCUT2D eigenvalue weighted by Gasteiger charge is -2.25. The monoisotopic (exact) mass is 318 g/mol. The maximum absolute atomic E-state index is 11.8. The molecule has 0 aromatic heterocycles. The van der Waals surface area contributed by atoms with Gasteiger partial charge in [0.1, 0.15) is 6.54 Å². The molecular weight excluding hydrogens is 292 g/mol. The molecule has 2 N–H and O–H groups in total. The van der Waals surface area contributed by atoms with Gasteiger partial charge in [0.25, 0.3) is 0 Å². The Bertz CT molecular complexity index is 561. The molecule has 5 nitrogen and oxygen atoms in total. The van der Waals surface area contributed by atoms with Gasteiger partial charge < -0.3 is 10.4 Å². The van der Waals surface area contributed by atoms with Crippen molar-refractivity contribution >= 4 is 11.9 Å². The summed E-state index contributed by atoms with van der Waals surface area (Å²) >= 11 is 0. The number of amides is 1. The SMILES string of the molecule is CC(C)(C)c1ccc(C2CCCN2CC(=O)NCC(=O)O)cc1. The molecule has 1 atom stereocenters. The van der Waals surface area contributed by atoms with Crippen molar-refractivity contribution < 1.29 is 14.7 Å². The van der Waals surface area contributed by atoms with Crippen molar-refractivity contribution in [3.8, 4) is 0 Å². The molecule has 126 valence electrons. The van der Waals surface area contributed by atoms with Crippen LogP contribution in [-0.2, 0) is 15.0 Å². The van der Waals surface area contributed by atoms with Gasteiger partial charge >= 0.3 is 5.97 Å². The lowest BCUT2D eigenvalue weighted by atomic mass is 9.86. The molecule has 0 aliphatic carbocycles. The Balaban J connectivity index is 2.01. The largest absolute Gasteiger partial charge is 0.480 e. The Labute approximate surface area is 137 Å². The number of likely N-dealkylation sites (tertiary alicyclic amines) is 1. The number of carbonyl (C=O) groups excluding carboxylic acids is 1. The lowest BCUT2D eigenvalue weighted by Crippen LogP contribution is -2.39. The third kappa shape index (κ3) is 4.79. The maximum Gasteiger partial charge on any atom is 0.322 e. The number of nitrogens with zero attached hydrogens (tertiary/aromatic N) is 1. The second-order valence-corrected chi connectivity index (χ2v) is 7.17. The Morgan fingerprint density at radius 3 is 2.48 bits per heavy atom. The molecule has 0 spiro atoms. The van der Waals surface area contributed by atoms with Crippen LogP contribution >= 0.6 is 0 Å². The summed E-state index contributed by atoms with van der Waals surface area (Å²) in [6, 6.07) is 8.86. The van der Waals surface area contributed by atoms with Crippen LogP contribution in [0.4, 0.5) is 0 Å². The molecule has 1 saturated heterocycles. The van der Waals surface area contributed by atoms with Crippen LogP contribution in [0, 0.1) is 0 Å². The van der Waals surface area contributed by atoms with Gasteiger partial charge in [-0.2, -0.15) is 0 Å². The molecule has 1 aliphatic rings. The molecule has 1 fully saturated rings. The van der Waals surface area contributed by atoms with Crippen molar-refractivity contribution in [3.05, 3.63) is 35.4 Å². The molecular formula is C18H26N2O3. The topological polar surface area (TPSA) is 69.6 Å². The summed E-state index contributed by atoms with van der Waals surface area (Å²) in [6.07, 6.45) is 2.08. The molecule has 1 aromatic carbocycles. The number of hydrogen-bond acceptors (Lipinski definition) is 3. The van der Waals surface area contributed by atoms with Crippen molar-refractivity contribution in [1.29, 1.82) is 0 Å². The zero-order valence-electron chi connectivity index (χ0n) is 14.1. The quantitative estimate of drug-likeness (QED) is 0.874. The Morgan fingerprint density at radius 2 is 1.91 bits per heavy atom. The first-order chi connectivity index (χ1) is 10.8. The minimum atomic E-state index is -1.02. The van der Waals surface area contributed by atoms with E-state index in [2.05, 4.69) is 55.3 Å². The molecule has 5 heteroatoms. The van der Waals surface area contributed by atoms with E-state index in [-0.39, 0.29) is 30.5 Å². The number of aliphatic carboxylic acids is 1. The van der Waals surface area contributed by atoms with Crippen LogP contribution in [-0.4, -0.2) is 41.5 Å². The smallest absolute Gasteiger partial charge is 0.322 e. The van der Waals surface area contributed by atoms with Crippen LogP contribution in [0.3, 0.4) is 0 Å². The highest BCUT2D eigenvalue weighted by Gasteiger charge is 2.27. The Kier molecular flexibility index (Phi) is 5.42. The zero-order valence-corrected chi connectivity index (χ0v) is 14.1. The minimum Gasteiger partial charge on any atom is -0.480 e. The molecule has 1 heterocycles. The molecule has 1 aromatic rings. The van der Waals surface area contributed by atoms with Gasteiger partial charge in [-0.25, -0.2) is 0 Å². The number of hydrogen-bond donors (Lipinski definition) is 2. The average molecular weight is 318 g/mol. The highest BCUT2D eigenvalue weighted by molar-refractivity contribution is 5.82. The first-order valence-electron chi connectivity index (χ1n) is 8.10. The number of benzene rings is 1. The summed E-state index contributed by atoms with van der Waals surface area (Å²) in [4.78, 5) is 24.5. The first-order valence-corrected chi connectivity index (χ1v) is 8.10. The highest BCUT2D eigenvalue weighted by Crippen LogP contribution is 2.32. The summed E-state index contributed by atoms with van der Waals surface area (Å²) in [5, 5.41) is 11.0. The summed E-state index contributed by atoms with van der Waals surface area (Å²) in [5.74, 6) is -1.25. The second kappa shape index (κ2) is 7.13. The zero-order chi connectivity index (χ0) is 17.0. The number of rotatable bonds is 5. The van der Waals surface area contributed by atoms with E-state index in [0.29, 0.717) is 0 Å². The van der Waals surface area contributed by atoms with Gasteiger partial charge in [0, 0.05) is 6.04 Å². The normalized spacial score (nSPS) is 18.8. The average Bonchev–Trinajstić information content (AvgIpc) is 2.92. The lowest BCUT2D eigenvalue weighted by molar-refractivity contribution is -0.138. The summed E-state index contributed by atoms with van der Waals surface area (Å²) in [6.45, 7) is 7.37. The Hall–Kier alpha value is -1.88. The molecule has 0 bridgehead atoms. The van der Waals surface area contributed by atoms with Crippen LogP contribution in [0.2, 0.25) is 0 Å². The summed E-state index contributed by atoms with van der Waals surface area (Å²) in [5.41, 5.74) is 2.65. The standard InChI is InChI=1S/C18H26N2O3/c1-18(2,3)14-8-6-13(7-9-14)15-5-4-10-20(15)12-16(21)19-11-17(22)23/h6-9,15H,4-5,10-12H2,1-3H3,(H,19,21)(H,22,23). The predicted molar refractivity (Wildman–Crippen MR) is 89.3 cm³/mol. The van der Waals surface area contributed by atoms with E-state index < -0.39 is 5.97 Å². The molecule has 23 heavy (non-hydrogen) atoms. The Morgan fingerprint density at radius 1 is 1.26 bits per heavy atom. The van der Waals surface area contributed by atoms with E-state index in [1.165, 1.54) is 11.1 Å². The van der Waals surface area contributed by atoms with Gasteiger partial charge in [-0.3, -0.25) is 14.5 Å². The number of carboxylic acid groups (broad SMARTS) is 1. The second-order valence-electron chi connectivity index (χ2n) is 7.17. The van der Waals surface area contributed by atoms with Crippen LogP contribution in [0.1, 0.15) is 50.8 Å². The fourth-order valence-electron chi connectivity index (χ4n) is 3.01. The van der Waals surface area contributed by atoms with Crippen molar-refractivity contribution in [2.24, 2.45) is 0 Å². The van der Waals surface area contributed by atoms with E-state index in [1.807, 2.05) is 0 Å². The summed E-state index contributed by atoms with van der Waals surface area (Å²) < 4.78 is 0. The number of carbonyl (C=O) groups is 2. The van der Waals surface area contributed by atoms with Crippen molar-refractivity contribution in [1.82, 2.24) is 10.2 Å². The highest BCUT2D eigenvalue weighted by atomic mass is 16.4. The molecule has 2 rings (SSSR count). The van der Waals surface area contributed by atoms with Crippen LogP contribution in [0.5, 0.6) is 0 Å².